The number of piperidine rings is 2. The van der Waals surface area contributed by atoms with Crippen LogP contribution >= 0.6 is 0 Å². The van der Waals surface area contributed by atoms with E-state index in [2.05, 4.69) is 43.6 Å². The minimum atomic E-state index is -0.191. The van der Waals surface area contributed by atoms with E-state index in [1.165, 1.54) is 0 Å². The monoisotopic (exact) mass is 269 g/mol. The summed E-state index contributed by atoms with van der Waals surface area (Å²) >= 11 is 0. The smallest absolute Gasteiger partial charge is 0.0705 e. The quantitative estimate of drug-likeness (QED) is 0.614. The number of hydrogen-bond acceptors (Lipinski definition) is 4. The first-order valence-corrected chi connectivity index (χ1v) is 7.69. The summed E-state index contributed by atoms with van der Waals surface area (Å²) in [5.41, 5.74) is 0.373. The lowest BCUT2D eigenvalue weighted by Gasteiger charge is -2.47. The van der Waals surface area contributed by atoms with E-state index in [1.807, 2.05) is 0 Å². The zero-order chi connectivity index (χ0) is 14.1. The van der Waals surface area contributed by atoms with Crippen LogP contribution in [0.1, 0.15) is 47.0 Å². The summed E-state index contributed by atoms with van der Waals surface area (Å²) in [6, 6.07) is 0.549. The molecule has 0 amide bonds. The molecule has 4 heteroatoms. The molecule has 2 fully saturated rings. The number of rotatable bonds is 3. The first-order chi connectivity index (χ1) is 8.77. The van der Waals surface area contributed by atoms with Crippen molar-refractivity contribution in [1.82, 2.24) is 16.0 Å². The van der Waals surface area contributed by atoms with E-state index in [9.17, 15) is 5.11 Å². The highest BCUT2D eigenvalue weighted by molar-refractivity contribution is 4.99. The third-order valence-corrected chi connectivity index (χ3v) is 4.45. The fourth-order valence-corrected chi connectivity index (χ4v) is 3.92. The molecule has 19 heavy (non-hydrogen) atoms. The van der Waals surface area contributed by atoms with Gasteiger partial charge in [-0.15, -0.1) is 0 Å². The summed E-state index contributed by atoms with van der Waals surface area (Å²) in [6.45, 7) is 11.8. The maximum Gasteiger partial charge on any atom is 0.0705 e. The Morgan fingerprint density at radius 3 is 2.37 bits per heavy atom. The summed E-state index contributed by atoms with van der Waals surface area (Å²) < 4.78 is 0. The van der Waals surface area contributed by atoms with E-state index in [0.29, 0.717) is 12.0 Å². The van der Waals surface area contributed by atoms with Crippen molar-refractivity contribution in [3.05, 3.63) is 0 Å². The van der Waals surface area contributed by atoms with Crippen molar-refractivity contribution in [1.29, 1.82) is 0 Å². The SMILES string of the molecule is CC1(C)CC(NC[C@@H]2CCNC[C@H]2O)CC(C)(C)N1. The molecule has 2 aliphatic rings. The Bertz CT molecular complexity index is 288. The summed E-state index contributed by atoms with van der Waals surface area (Å²) in [5, 5.41) is 20.6. The topological polar surface area (TPSA) is 56.3 Å². The Balaban J connectivity index is 1.85. The Morgan fingerprint density at radius 1 is 1.16 bits per heavy atom. The third-order valence-electron chi connectivity index (χ3n) is 4.45. The lowest BCUT2D eigenvalue weighted by atomic mass is 9.79. The van der Waals surface area contributed by atoms with E-state index in [-0.39, 0.29) is 17.2 Å². The fourth-order valence-electron chi connectivity index (χ4n) is 3.92. The minimum absolute atomic E-state index is 0.187. The van der Waals surface area contributed by atoms with Gasteiger partial charge in [0.1, 0.15) is 0 Å². The maximum absolute atomic E-state index is 9.99. The third kappa shape index (κ3) is 4.42. The molecule has 2 aliphatic heterocycles. The predicted octanol–water partition coefficient (Wildman–Crippen LogP) is 0.856. The molecule has 0 radical (unpaired) electrons. The highest BCUT2D eigenvalue weighted by Gasteiger charge is 2.37. The fraction of sp³-hybridized carbons (Fsp3) is 1.00. The molecule has 112 valence electrons. The van der Waals surface area contributed by atoms with Crippen LogP contribution in [0.2, 0.25) is 0 Å². The summed E-state index contributed by atoms with van der Waals surface area (Å²) in [7, 11) is 0. The highest BCUT2D eigenvalue weighted by atomic mass is 16.3. The molecule has 2 heterocycles. The van der Waals surface area contributed by atoms with Crippen LogP contribution in [0, 0.1) is 5.92 Å². The van der Waals surface area contributed by atoms with Crippen molar-refractivity contribution >= 4 is 0 Å². The average Bonchev–Trinajstić information content (AvgIpc) is 2.23. The average molecular weight is 269 g/mol. The van der Waals surface area contributed by atoms with Gasteiger partial charge >= 0.3 is 0 Å². The van der Waals surface area contributed by atoms with E-state index in [1.54, 1.807) is 0 Å². The van der Waals surface area contributed by atoms with Crippen molar-refractivity contribution < 1.29 is 5.11 Å². The molecule has 0 spiro atoms. The van der Waals surface area contributed by atoms with Crippen LogP contribution < -0.4 is 16.0 Å². The highest BCUT2D eigenvalue weighted by Crippen LogP contribution is 2.28. The number of hydrogen-bond donors (Lipinski definition) is 4. The van der Waals surface area contributed by atoms with Crippen LogP contribution in [0.5, 0.6) is 0 Å². The molecular formula is C15H31N3O. The Hall–Kier alpha value is -0.160. The molecule has 0 aromatic rings. The van der Waals surface area contributed by atoms with Gasteiger partial charge < -0.3 is 21.1 Å². The van der Waals surface area contributed by atoms with E-state index in [4.69, 9.17) is 0 Å². The van der Waals surface area contributed by atoms with Crippen LogP contribution in [0.25, 0.3) is 0 Å². The van der Waals surface area contributed by atoms with Crippen LogP contribution in [-0.4, -0.2) is 48.0 Å². The van der Waals surface area contributed by atoms with Gasteiger partial charge in [-0.2, -0.15) is 0 Å². The van der Waals surface area contributed by atoms with Gasteiger partial charge in [0.15, 0.2) is 0 Å². The lowest BCUT2D eigenvalue weighted by Crippen LogP contribution is -2.62. The molecule has 4 N–H and O–H groups in total. The van der Waals surface area contributed by atoms with Crippen molar-refractivity contribution in [3.8, 4) is 0 Å². The van der Waals surface area contributed by atoms with Crippen molar-refractivity contribution in [2.75, 3.05) is 19.6 Å². The number of β-amino-alcohol motifs (C(OH)–C–C–N with tert-alkyl or cyclic N) is 1. The van der Waals surface area contributed by atoms with E-state index >= 15 is 0 Å². The van der Waals surface area contributed by atoms with Gasteiger partial charge in [-0.25, -0.2) is 0 Å². The van der Waals surface area contributed by atoms with Crippen molar-refractivity contribution in [2.45, 2.75) is 70.2 Å². The van der Waals surface area contributed by atoms with Crippen LogP contribution in [-0.2, 0) is 0 Å². The lowest BCUT2D eigenvalue weighted by molar-refractivity contribution is 0.0737. The molecule has 2 atom stereocenters. The second kappa shape index (κ2) is 5.68. The standard InChI is InChI=1S/C15H31N3O/c1-14(2)7-12(8-15(3,4)18-14)17-9-11-5-6-16-10-13(11)19/h11-13,16-19H,5-10H2,1-4H3/t11-,13+/m0/s1. The van der Waals surface area contributed by atoms with Gasteiger partial charge in [0.2, 0.25) is 0 Å². The first kappa shape index (κ1) is 15.2. The molecule has 0 saturated carbocycles. The molecule has 0 aliphatic carbocycles. The second-order valence-corrected chi connectivity index (χ2v) is 7.73. The molecular weight excluding hydrogens is 238 g/mol. The minimum Gasteiger partial charge on any atom is -0.391 e. The summed E-state index contributed by atoms with van der Waals surface area (Å²) in [4.78, 5) is 0. The predicted molar refractivity (Wildman–Crippen MR) is 79.3 cm³/mol. The van der Waals surface area contributed by atoms with Gasteiger partial charge in [0.25, 0.3) is 0 Å². The Morgan fingerprint density at radius 2 is 1.79 bits per heavy atom. The van der Waals surface area contributed by atoms with Crippen molar-refractivity contribution in [2.24, 2.45) is 5.92 Å². The van der Waals surface area contributed by atoms with Crippen LogP contribution in [0.15, 0.2) is 0 Å². The normalized spacial score (nSPS) is 35.2. The zero-order valence-corrected chi connectivity index (χ0v) is 12.9. The van der Waals surface area contributed by atoms with Gasteiger partial charge in [0, 0.05) is 30.2 Å². The molecule has 0 bridgehead atoms. The van der Waals surface area contributed by atoms with Gasteiger partial charge in [-0.3, -0.25) is 0 Å². The van der Waals surface area contributed by atoms with Crippen LogP contribution in [0.3, 0.4) is 0 Å². The molecule has 0 aromatic carbocycles. The molecule has 0 aromatic heterocycles. The van der Waals surface area contributed by atoms with Crippen LogP contribution in [0.4, 0.5) is 0 Å². The molecule has 0 unspecified atom stereocenters. The van der Waals surface area contributed by atoms with Crippen molar-refractivity contribution in [3.63, 3.8) is 0 Å². The Labute approximate surface area is 117 Å². The Kier molecular flexibility index (Phi) is 4.56. The van der Waals surface area contributed by atoms with E-state index < -0.39 is 0 Å². The largest absolute Gasteiger partial charge is 0.391 e. The maximum atomic E-state index is 9.99. The second-order valence-electron chi connectivity index (χ2n) is 7.73. The first-order valence-electron chi connectivity index (χ1n) is 7.69. The van der Waals surface area contributed by atoms with Gasteiger partial charge in [-0.1, -0.05) is 0 Å². The van der Waals surface area contributed by atoms with E-state index in [0.717, 1.165) is 38.9 Å². The molecule has 2 saturated heterocycles. The zero-order valence-electron chi connectivity index (χ0n) is 12.9. The number of nitrogens with one attached hydrogen (secondary N) is 3. The molecule has 4 nitrogen and oxygen atoms in total. The summed E-state index contributed by atoms with van der Waals surface area (Å²) in [6.07, 6.45) is 3.19. The number of aliphatic hydroxyl groups excluding tert-OH is 1. The van der Waals surface area contributed by atoms with Gasteiger partial charge in [0.05, 0.1) is 6.10 Å². The summed E-state index contributed by atoms with van der Waals surface area (Å²) in [5.74, 6) is 0.405. The molecule has 2 rings (SSSR count). The number of aliphatic hydroxyl groups is 1. The van der Waals surface area contributed by atoms with Gasteiger partial charge in [-0.05, 0) is 59.4 Å².